The Kier molecular flexibility index (Phi) is 3.30. The van der Waals surface area contributed by atoms with E-state index in [0.29, 0.717) is 6.04 Å². The van der Waals surface area contributed by atoms with Crippen molar-refractivity contribution in [1.29, 1.82) is 0 Å². The molecule has 1 aliphatic heterocycles. The molecule has 2 rings (SSSR count). The van der Waals surface area contributed by atoms with Crippen molar-refractivity contribution in [3.63, 3.8) is 0 Å². The van der Waals surface area contributed by atoms with Gasteiger partial charge in [0.25, 0.3) is 0 Å². The zero-order valence-corrected chi connectivity index (χ0v) is 10.2. The quantitative estimate of drug-likeness (QED) is 0.815. The van der Waals surface area contributed by atoms with Crippen LogP contribution in [0.4, 0.5) is 0 Å². The fourth-order valence-corrected chi connectivity index (χ4v) is 2.29. The van der Waals surface area contributed by atoms with E-state index < -0.39 is 0 Å². The van der Waals surface area contributed by atoms with E-state index in [2.05, 4.69) is 54.9 Å². The van der Waals surface area contributed by atoms with Crippen LogP contribution in [-0.4, -0.2) is 30.6 Å². The molecule has 1 saturated heterocycles. The van der Waals surface area contributed by atoms with Crippen LogP contribution in [0.15, 0.2) is 30.8 Å². The summed E-state index contributed by atoms with van der Waals surface area (Å²) in [5.74, 6) is 0. The van der Waals surface area contributed by atoms with E-state index in [-0.39, 0.29) is 0 Å². The highest BCUT2D eigenvalue weighted by molar-refractivity contribution is 5.65. The first-order valence-electron chi connectivity index (χ1n) is 5.92. The van der Waals surface area contributed by atoms with Gasteiger partial charge in [-0.2, -0.15) is 0 Å². The van der Waals surface area contributed by atoms with Crippen molar-refractivity contribution in [2.24, 2.45) is 0 Å². The summed E-state index contributed by atoms with van der Waals surface area (Å²) in [6.45, 7) is 11.8. The van der Waals surface area contributed by atoms with Gasteiger partial charge in [0.15, 0.2) is 0 Å². The Balaban J connectivity index is 2.21. The fraction of sp³-hybridized carbons (Fsp3) is 0.429. The molecule has 86 valence electrons. The third kappa shape index (κ3) is 2.12. The summed E-state index contributed by atoms with van der Waals surface area (Å²) >= 11 is 0. The van der Waals surface area contributed by atoms with Crippen molar-refractivity contribution in [2.45, 2.75) is 19.9 Å². The van der Waals surface area contributed by atoms with Crippen molar-refractivity contribution in [2.75, 3.05) is 19.6 Å². The Bertz CT molecular complexity index is 384. The first kappa shape index (κ1) is 11.2. The lowest BCUT2D eigenvalue weighted by Crippen LogP contribution is -2.48. The van der Waals surface area contributed by atoms with Gasteiger partial charge in [0, 0.05) is 36.9 Å². The van der Waals surface area contributed by atoms with Crippen LogP contribution < -0.4 is 5.32 Å². The maximum Gasteiger partial charge on any atom is 0.0386 e. The second-order valence-corrected chi connectivity index (χ2v) is 4.51. The van der Waals surface area contributed by atoms with Crippen molar-refractivity contribution < 1.29 is 0 Å². The third-order valence-electron chi connectivity index (χ3n) is 3.30. The topological polar surface area (TPSA) is 15.3 Å². The van der Waals surface area contributed by atoms with Crippen LogP contribution in [0.2, 0.25) is 0 Å². The van der Waals surface area contributed by atoms with Gasteiger partial charge < -0.3 is 10.2 Å². The minimum Gasteiger partial charge on any atom is -0.366 e. The fourth-order valence-electron chi connectivity index (χ4n) is 2.29. The molecule has 1 unspecified atom stereocenters. The van der Waals surface area contributed by atoms with E-state index in [4.69, 9.17) is 0 Å². The zero-order chi connectivity index (χ0) is 11.5. The second kappa shape index (κ2) is 4.71. The van der Waals surface area contributed by atoms with E-state index in [1.165, 1.54) is 11.1 Å². The largest absolute Gasteiger partial charge is 0.366 e. The SMILES string of the molecule is C=C(c1ccccc1C)N1CCNCC1C. The molecule has 1 aromatic rings. The Labute approximate surface area is 98.0 Å². The Morgan fingerprint density at radius 1 is 1.44 bits per heavy atom. The van der Waals surface area contributed by atoms with Crippen molar-refractivity contribution in [1.82, 2.24) is 10.2 Å². The Morgan fingerprint density at radius 3 is 2.88 bits per heavy atom. The molecule has 0 aliphatic carbocycles. The molecule has 1 heterocycles. The molecule has 0 amide bonds. The number of piperazine rings is 1. The second-order valence-electron chi connectivity index (χ2n) is 4.51. The maximum absolute atomic E-state index is 4.26. The highest BCUT2D eigenvalue weighted by atomic mass is 15.2. The molecule has 0 aromatic heterocycles. The third-order valence-corrected chi connectivity index (χ3v) is 3.30. The summed E-state index contributed by atoms with van der Waals surface area (Å²) in [5.41, 5.74) is 3.74. The first-order chi connectivity index (χ1) is 7.70. The highest BCUT2D eigenvalue weighted by Crippen LogP contribution is 2.23. The summed E-state index contributed by atoms with van der Waals surface area (Å²) in [6, 6.07) is 8.99. The number of hydrogen-bond acceptors (Lipinski definition) is 2. The van der Waals surface area contributed by atoms with Crippen LogP contribution in [0.3, 0.4) is 0 Å². The van der Waals surface area contributed by atoms with Gasteiger partial charge >= 0.3 is 0 Å². The summed E-state index contributed by atoms with van der Waals surface area (Å²) in [7, 11) is 0. The van der Waals surface area contributed by atoms with Gasteiger partial charge in [-0.25, -0.2) is 0 Å². The molecule has 0 radical (unpaired) electrons. The van der Waals surface area contributed by atoms with Crippen LogP contribution in [0.5, 0.6) is 0 Å². The molecule has 0 bridgehead atoms. The number of nitrogens with zero attached hydrogens (tertiary/aromatic N) is 1. The number of benzene rings is 1. The molecular formula is C14H20N2. The minimum atomic E-state index is 0.529. The molecule has 1 aromatic carbocycles. The molecular weight excluding hydrogens is 196 g/mol. The summed E-state index contributed by atoms with van der Waals surface area (Å²) in [4.78, 5) is 2.40. The van der Waals surface area contributed by atoms with Crippen LogP contribution >= 0.6 is 0 Å². The standard InChI is InChI=1S/C14H20N2/c1-11-6-4-5-7-14(11)13(3)16-9-8-15-10-12(16)2/h4-7,12,15H,3,8-10H2,1-2H3. The van der Waals surface area contributed by atoms with Gasteiger partial charge in [-0.05, 0) is 19.4 Å². The van der Waals surface area contributed by atoms with Gasteiger partial charge in [0.05, 0.1) is 0 Å². The smallest absolute Gasteiger partial charge is 0.0386 e. The summed E-state index contributed by atoms with van der Waals surface area (Å²) in [5, 5.41) is 3.40. The number of rotatable bonds is 2. The zero-order valence-electron chi connectivity index (χ0n) is 10.2. The van der Waals surface area contributed by atoms with E-state index >= 15 is 0 Å². The van der Waals surface area contributed by atoms with Gasteiger partial charge in [-0.1, -0.05) is 30.8 Å². The van der Waals surface area contributed by atoms with Crippen LogP contribution in [0, 0.1) is 6.92 Å². The summed E-state index contributed by atoms with van der Waals surface area (Å²) < 4.78 is 0. The normalized spacial score (nSPS) is 20.9. The van der Waals surface area contributed by atoms with Crippen molar-refractivity contribution >= 4 is 5.70 Å². The Morgan fingerprint density at radius 2 is 2.19 bits per heavy atom. The van der Waals surface area contributed by atoms with Gasteiger partial charge in [0.1, 0.15) is 0 Å². The molecule has 1 fully saturated rings. The van der Waals surface area contributed by atoms with Crippen molar-refractivity contribution in [3.8, 4) is 0 Å². The van der Waals surface area contributed by atoms with Gasteiger partial charge in [-0.15, -0.1) is 0 Å². The lowest BCUT2D eigenvalue weighted by molar-refractivity contribution is 0.260. The molecule has 0 spiro atoms. The predicted octanol–water partition coefficient (Wildman–Crippen LogP) is 2.26. The molecule has 1 N–H and O–H groups in total. The lowest BCUT2D eigenvalue weighted by Gasteiger charge is -2.37. The van der Waals surface area contributed by atoms with E-state index in [1.807, 2.05) is 0 Å². The molecule has 0 saturated carbocycles. The van der Waals surface area contributed by atoms with Crippen LogP contribution in [-0.2, 0) is 0 Å². The lowest BCUT2D eigenvalue weighted by atomic mass is 10.0. The van der Waals surface area contributed by atoms with Crippen molar-refractivity contribution in [3.05, 3.63) is 42.0 Å². The number of hydrogen-bond donors (Lipinski definition) is 1. The first-order valence-corrected chi connectivity index (χ1v) is 5.92. The van der Waals surface area contributed by atoms with E-state index in [0.717, 1.165) is 25.3 Å². The Hall–Kier alpha value is -1.28. The van der Waals surface area contributed by atoms with Gasteiger partial charge in [-0.3, -0.25) is 0 Å². The van der Waals surface area contributed by atoms with Crippen LogP contribution in [0.1, 0.15) is 18.1 Å². The maximum atomic E-state index is 4.26. The highest BCUT2D eigenvalue weighted by Gasteiger charge is 2.20. The van der Waals surface area contributed by atoms with E-state index in [1.54, 1.807) is 0 Å². The molecule has 1 aliphatic rings. The average molecular weight is 216 g/mol. The monoisotopic (exact) mass is 216 g/mol. The molecule has 2 nitrogen and oxygen atoms in total. The summed E-state index contributed by atoms with van der Waals surface area (Å²) in [6.07, 6.45) is 0. The van der Waals surface area contributed by atoms with E-state index in [9.17, 15) is 0 Å². The minimum absolute atomic E-state index is 0.529. The average Bonchev–Trinajstić information content (AvgIpc) is 2.29. The molecule has 1 atom stereocenters. The van der Waals surface area contributed by atoms with Crippen LogP contribution in [0.25, 0.3) is 5.70 Å². The predicted molar refractivity (Wildman–Crippen MR) is 69.3 cm³/mol. The molecule has 2 heteroatoms. The number of aryl methyl sites for hydroxylation is 1. The van der Waals surface area contributed by atoms with Gasteiger partial charge in [0.2, 0.25) is 0 Å². The number of nitrogens with one attached hydrogen (secondary N) is 1. The molecule has 16 heavy (non-hydrogen) atoms.